The molecule has 0 aromatic carbocycles. The van der Waals surface area contributed by atoms with Gasteiger partial charge in [-0.25, -0.2) is 4.57 Å². The number of carbonyl (C=O) groups excluding carboxylic acids is 1. The van der Waals surface area contributed by atoms with Gasteiger partial charge in [-0.15, -0.1) is 0 Å². The van der Waals surface area contributed by atoms with Crippen molar-refractivity contribution in [1.29, 1.82) is 0 Å². The van der Waals surface area contributed by atoms with E-state index in [1.165, 1.54) is 0 Å². The van der Waals surface area contributed by atoms with Gasteiger partial charge in [0.15, 0.2) is 0 Å². The van der Waals surface area contributed by atoms with Gasteiger partial charge in [0.05, 0.1) is 39.9 Å². The molecule has 352 valence electrons. The van der Waals surface area contributed by atoms with Gasteiger partial charge in [-0.05, 0) is 89.9 Å². The van der Waals surface area contributed by atoms with Crippen LogP contribution in [0.2, 0.25) is 0 Å². The van der Waals surface area contributed by atoms with Crippen molar-refractivity contribution in [2.75, 3.05) is 40.9 Å². The van der Waals surface area contributed by atoms with Crippen molar-refractivity contribution >= 4 is 13.7 Å². The number of rotatable bonds is 41. The van der Waals surface area contributed by atoms with Gasteiger partial charge in [0.25, 0.3) is 0 Å². The SMILES string of the molecule is CC/C=C\C/C=C\C/C=C\C/C=C\C/C=C\C/C=C\C/C=C\C/C=C\C/C=C\C/C=C\CCCCCCC(=O)NC(COP(=O)(O)OCC[N+](C)(C)C)C(O)CCCCCCC. The molecule has 9 heteroatoms. The average Bonchev–Trinajstić information content (AvgIpc) is 3.23. The van der Waals surface area contributed by atoms with Gasteiger partial charge in [0.2, 0.25) is 5.91 Å². The van der Waals surface area contributed by atoms with Crippen LogP contribution in [0.3, 0.4) is 0 Å². The van der Waals surface area contributed by atoms with Crippen molar-refractivity contribution in [3.05, 3.63) is 122 Å². The predicted molar refractivity (Wildman–Crippen MR) is 267 cm³/mol. The van der Waals surface area contributed by atoms with Crippen LogP contribution in [0.1, 0.15) is 155 Å². The summed E-state index contributed by atoms with van der Waals surface area (Å²) in [5.74, 6) is -0.183. The number of nitrogens with zero attached hydrogens (tertiary/aromatic N) is 1. The largest absolute Gasteiger partial charge is 0.472 e. The summed E-state index contributed by atoms with van der Waals surface area (Å²) in [4.78, 5) is 23.0. The molecule has 0 spiro atoms. The molecule has 0 aliphatic rings. The molecule has 0 aromatic rings. The standard InChI is InChI=1S/C53H89N2O6P/c1-6-8-10-12-13-14-15-16-17-18-19-20-21-22-23-24-25-26-27-28-29-30-31-32-33-34-35-36-37-38-39-40-41-43-45-47-53(57)54-51(52(56)46-44-42-11-9-7-2)50-61-62(58,59)60-49-48-55(3,4)5/h8,10,13-14,16-17,19-20,22-23,25-26,28-29,31-32,34-35,37-38,51-52,56H,6-7,9,11-12,15,18,21,24,27,30,33,36,39-50H2,1-5H3,(H-,54,57,58,59)/p+1/b10-8-,14-13-,17-16-,20-19-,23-22-,26-25-,29-28-,32-31-,35-34-,38-37-. The third-order valence-corrected chi connectivity index (χ3v) is 10.7. The molecular weight excluding hydrogens is 792 g/mol. The summed E-state index contributed by atoms with van der Waals surface area (Å²) in [7, 11) is 1.57. The van der Waals surface area contributed by atoms with Crippen molar-refractivity contribution in [2.45, 2.75) is 167 Å². The van der Waals surface area contributed by atoms with Gasteiger partial charge in [-0.2, -0.15) is 0 Å². The van der Waals surface area contributed by atoms with E-state index in [4.69, 9.17) is 9.05 Å². The lowest BCUT2D eigenvalue weighted by molar-refractivity contribution is -0.870. The van der Waals surface area contributed by atoms with E-state index in [9.17, 15) is 19.4 Å². The molecule has 0 saturated carbocycles. The molecule has 3 unspecified atom stereocenters. The van der Waals surface area contributed by atoms with Gasteiger partial charge in [-0.1, -0.05) is 180 Å². The molecule has 0 rings (SSSR count). The fraction of sp³-hybridized carbons (Fsp3) is 0.604. The molecule has 0 heterocycles. The molecule has 0 aliphatic carbocycles. The quantitative estimate of drug-likeness (QED) is 0.0244. The van der Waals surface area contributed by atoms with E-state index in [0.29, 0.717) is 23.9 Å². The number of carbonyl (C=O) groups is 1. The maximum absolute atomic E-state index is 12.8. The maximum Gasteiger partial charge on any atom is 0.472 e. The zero-order chi connectivity index (χ0) is 45.7. The van der Waals surface area contributed by atoms with E-state index < -0.39 is 20.0 Å². The summed E-state index contributed by atoms with van der Waals surface area (Å²) in [5.41, 5.74) is 0. The lowest BCUT2D eigenvalue weighted by Crippen LogP contribution is -2.46. The molecule has 8 nitrogen and oxygen atoms in total. The number of quaternary nitrogens is 1. The Morgan fingerprint density at radius 2 is 0.968 bits per heavy atom. The van der Waals surface area contributed by atoms with Crippen molar-refractivity contribution in [2.24, 2.45) is 0 Å². The summed E-state index contributed by atoms with van der Waals surface area (Å²) in [5, 5.41) is 13.7. The van der Waals surface area contributed by atoms with Gasteiger partial charge in [0.1, 0.15) is 13.2 Å². The zero-order valence-corrected chi connectivity index (χ0v) is 40.7. The second-order valence-electron chi connectivity index (χ2n) is 16.8. The number of aliphatic hydroxyl groups is 1. The van der Waals surface area contributed by atoms with E-state index in [-0.39, 0.29) is 19.1 Å². The number of likely N-dealkylation sites (N-methyl/N-ethyl adjacent to an activating group) is 1. The number of allylic oxidation sites excluding steroid dienone is 20. The van der Waals surface area contributed by atoms with E-state index in [2.05, 4.69) is 141 Å². The van der Waals surface area contributed by atoms with Gasteiger partial charge < -0.3 is 19.8 Å². The molecule has 62 heavy (non-hydrogen) atoms. The van der Waals surface area contributed by atoms with Crippen LogP contribution in [0.25, 0.3) is 0 Å². The Balaban J connectivity index is 4.08. The average molecular weight is 882 g/mol. The zero-order valence-electron chi connectivity index (χ0n) is 39.8. The van der Waals surface area contributed by atoms with Crippen molar-refractivity contribution in [3.8, 4) is 0 Å². The Morgan fingerprint density at radius 1 is 0.565 bits per heavy atom. The monoisotopic (exact) mass is 882 g/mol. The maximum atomic E-state index is 12.8. The first kappa shape index (κ1) is 58.9. The number of phosphoric ester groups is 1. The number of phosphoric acid groups is 1. The first-order chi connectivity index (χ1) is 30.0. The van der Waals surface area contributed by atoms with Crippen LogP contribution in [0.4, 0.5) is 0 Å². The number of aliphatic hydroxyl groups excluding tert-OH is 1. The van der Waals surface area contributed by atoms with E-state index in [1.54, 1.807) is 0 Å². The smallest absolute Gasteiger partial charge is 0.391 e. The summed E-state index contributed by atoms with van der Waals surface area (Å²) >= 11 is 0. The van der Waals surface area contributed by atoms with Crippen molar-refractivity contribution in [1.82, 2.24) is 5.32 Å². The third kappa shape index (κ3) is 44.9. The molecular formula is C53H90N2O6P+. The number of unbranched alkanes of at least 4 members (excludes halogenated alkanes) is 8. The van der Waals surface area contributed by atoms with E-state index in [1.807, 2.05) is 21.1 Å². The Kier molecular flexibility index (Phi) is 41.0. The molecule has 0 aromatic heterocycles. The van der Waals surface area contributed by atoms with Crippen LogP contribution < -0.4 is 5.32 Å². The third-order valence-electron chi connectivity index (χ3n) is 9.72. The van der Waals surface area contributed by atoms with E-state index >= 15 is 0 Å². The van der Waals surface area contributed by atoms with Crippen LogP contribution >= 0.6 is 7.82 Å². The van der Waals surface area contributed by atoms with Crippen LogP contribution in [0, 0.1) is 0 Å². The minimum atomic E-state index is -4.31. The highest BCUT2D eigenvalue weighted by molar-refractivity contribution is 7.47. The molecule has 0 bridgehead atoms. The van der Waals surface area contributed by atoms with Gasteiger partial charge in [0, 0.05) is 6.42 Å². The van der Waals surface area contributed by atoms with Crippen LogP contribution in [0.5, 0.6) is 0 Å². The van der Waals surface area contributed by atoms with Gasteiger partial charge in [-0.3, -0.25) is 13.8 Å². The molecule has 3 atom stereocenters. The predicted octanol–water partition coefficient (Wildman–Crippen LogP) is 13.9. The molecule has 0 radical (unpaired) electrons. The number of amides is 1. The first-order valence-corrected chi connectivity index (χ1v) is 25.4. The highest BCUT2D eigenvalue weighted by Gasteiger charge is 2.28. The van der Waals surface area contributed by atoms with Crippen LogP contribution in [-0.2, 0) is 18.4 Å². The van der Waals surface area contributed by atoms with Crippen molar-refractivity contribution < 1.29 is 32.9 Å². The lowest BCUT2D eigenvalue weighted by Gasteiger charge is -2.26. The van der Waals surface area contributed by atoms with Crippen LogP contribution in [-0.4, -0.2) is 73.4 Å². The molecule has 0 fully saturated rings. The lowest BCUT2D eigenvalue weighted by atomic mass is 10.0. The fourth-order valence-corrected chi connectivity index (χ4v) is 6.69. The van der Waals surface area contributed by atoms with Gasteiger partial charge >= 0.3 is 7.82 Å². The topological polar surface area (TPSA) is 105 Å². The number of hydrogen-bond donors (Lipinski definition) is 3. The molecule has 0 saturated heterocycles. The van der Waals surface area contributed by atoms with Crippen molar-refractivity contribution in [3.63, 3.8) is 0 Å². The number of nitrogens with one attached hydrogen (secondary N) is 1. The van der Waals surface area contributed by atoms with Crippen LogP contribution in [0.15, 0.2) is 122 Å². The minimum absolute atomic E-state index is 0.0612. The molecule has 1 amide bonds. The molecule has 3 N–H and O–H groups in total. The Bertz CT molecular complexity index is 1410. The highest BCUT2D eigenvalue weighted by atomic mass is 31.2. The fourth-order valence-electron chi connectivity index (χ4n) is 5.95. The molecule has 0 aliphatic heterocycles. The van der Waals surface area contributed by atoms with E-state index in [0.717, 1.165) is 128 Å². The Morgan fingerprint density at radius 3 is 1.40 bits per heavy atom. The second-order valence-corrected chi connectivity index (χ2v) is 18.2. The minimum Gasteiger partial charge on any atom is -0.391 e. The summed E-state index contributed by atoms with van der Waals surface area (Å²) in [6.07, 6.45) is 64.3. The second kappa shape index (κ2) is 43.2. The normalized spacial score (nSPS) is 15.3. The Labute approximate surface area is 380 Å². The first-order valence-electron chi connectivity index (χ1n) is 23.9. The summed E-state index contributed by atoms with van der Waals surface area (Å²) in [6, 6.07) is -0.779. The number of hydrogen-bond acceptors (Lipinski definition) is 5. The Hall–Kier alpha value is -3.10. The summed E-state index contributed by atoms with van der Waals surface area (Å²) < 4.78 is 23.4. The summed E-state index contributed by atoms with van der Waals surface area (Å²) in [6.45, 7) is 4.62. The highest BCUT2D eigenvalue weighted by Crippen LogP contribution is 2.43.